The first kappa shape index (κ1) is 71.0. The normalized spacial score (nSPS) is 42.4. The molecule has 0 radical (unpaired) electrons. The first-order valence-corrected chi connectivity index (χ1v) is 31.9. The lowest BCUT2D eigenvalue weighted by molar-refractivity contribution is -0.346. The molecular formula is C61H114O20. The summed E-state index contributed by atoms with van der Waals surface area (Å²) in [5.74, 6) is 3.68. The fourth-order valence-corrected chi connectivity index (χ4v) is 12.6. The zero-order valence-corrected chi connectivity index (χ0v) is 49.9. The largest absolute Gasteiger partial charge is 0.394 e. The molecule has 81 heavy (non-hydrogen) atoms. The van der Waals surface area contributed by atoms with E-state index in [1.165, 1.54) is 77.0 Å². The van der Waals surface area contributed by atoms with Gasteiger partial charge in [-0.15, -0.1) is 0 Å². The molecule has 5 aliphatic rings. The van der Waals surface area contributed by atoms with Crippen molar-refractivity contribution in [1.29, 1.82) is 0 Å². The van der Waals surface area contributed by atoms with Crippen LogP contribution in [-0.4, -0.2) is 226 Å². The van der Waals surface area contributed by atoms with Gasteiger partial charge < -0.3 is 98.8 Å². The molecule has 4 heterocycles. The molecule has 20 nitrogen and oxygen atoms in total. The van der Waals surface area contributed by atoms with E-state index in [2.05, 4.69) is 27.7 Å². The van der Waals surface area contributed by atoms with Crippen molar-refractivity contribution in [2.24, 2.45) is 35.5 Å². The molecule has 0 aromatic heterocycles. The summed E-state index contributed by atoms with van der Waals surface area (Å²) in [5.41, 5.74) is 0. The van der Waals surface area contributed by atoms with Crippen molar-refractivity contribution >= 4 is 0 Å². The molecule has 1 aliphatic carbocycles. The number of aliphatic hydroxyl groups is 11. The van der Waals surface area contributed by atoms with Gasteiger partial charge in [-0.1, -0.05) is 150 Å². The number of hydrogen-bond acceptors (Lipinski definition) is 20. The number of ether oxygens (including phenoxy) is 9. The van der Waals surface area contributed by atoms with Crippen LogP contribution in [0.25, 0.3) is 0 Å². The zero-order chi connectivity index (χ0) is 58.7. The summed E-state index contributed by atoms with van der Waals surface area (Å²) in [5, 5.41) is 115. The second-order valence-electron chi connectivity index (χ2n) is 25.4. The van der Waals surface area contributed by atoms with Crippen molar-refractivity contribution in [3.05, 3.63) is 0 Å². The van der Waals surface area contributed by atoms with Crippen molar-refractivity contribution in [3.8, 4) is 0 Å². The van der Waals surface area contributed by atoms with Gasteiger partial charge in [0, 0.05) is 26.4 Å². The van der Waals surface area contributed by atoms with E-state index in [9.17, 15) is 56.2 Å². The Morgan fingerprint density at radius 1 is 0.444 bits per heavy atom. The summed E-state index contributed by atoms with van der Waals surface area (Å²) in [7, 11) is 0. The number of rotatable bonds is 10. The van der Waals surface area contributed by atoms with E-state index in [4.69, 9.17) is 42.6 Å². The first-order chi connectivity index (χ1) is 39.0. The molecule has 20 heteroatoms. The van der Waals surface area contributed by atoms with Gasteiger partial charge in [-0.2, -0.15) is 0 Å². The third-order valence-corrected chi connectivity index (χ3v) is 18.3. The van der Waals surface area contributed by atoms with E-state index in [1.807, 2.05) is 0 Å². The van der Waals surface area contributed by atoms with Gasteiger partial charge in [0.2, 0.25) is 0 Å². The van der Waals surface area contributed by atoms with Crippen LogP contribution in [0.2, 0.25) is 0 Å². The fraction of sp³-hybridized carbons (Fsp3) is 1.00. The molecule has 11 N–H and O–H groups in total. The Morgan fingerprint density at radius 2 is 0.975 bits per heavy atom. The second-order valence-corrected chi connectivity index (χ2v) is 25.4. The van der Waals surface area contributed by atoms with Crippen LogP contribution in [-0.2, 0) is 42.6 Å². The standard InChI is InChI=1S/C61H114O20/c1-39-16-14-18-41(3)26-30-75-45(37-77-60-56(72)54(70)57(80-60)46(65)33-62)36-73-28-12-8-5-6-10-20-43-24-25-44(32-43)21-11-7-9-13-29-74-38-49(76-31-27-42(4)19-15-17-40(2)23-22-39)59-53(69)52(68)58(48(35-64)78-59)81-61-55(71)51(67)50(66)47(34-63)79-61/h39-72H,5-38H2,1-4H3/t39?,40?,41-,42-,43+,44+,45+,46-,47-,48-,49+,50+,51+,52-,53-,54-,55-,56-,57+,58-,59+,60-,61+/m1/s1. The SMILES string of the molecule is CC1CCC[C@@H](C)CCO[C@H](CO[C@@H]2O[C@@H]([C@H](O)CO)[C@H](O)[C@H]2O)COCCCCCCC[C@H]2CC[C@H](CCCCCCOC[C@@H]([C@@H]3O[C@H](CO)[C@@H](O[C@@H]4O[C@H](CO)[C@H](O)[C@H](O)[C@H]4O)[C@H](O)[C@H]3O)OCC[C@H](C)CCCC(C)CC1)C2. The molecule has 0 spiro atoms. The molecule has 1 saturated carbocycles. The van der Waals surface area contributed by atoms with Gasteiger partial charge in [-0.3, -0.25) is 0 Å². The Bertz CT molecular complexity index is 1590. The predicted octanol–water partition coefficient (Wildman–Crippen LogP) is 4.44. The molecule has 23 atom stereocenters. The summed E-state index contributed by atoms with van der Waals surface area (Å²) in [4.78, 5) is 0. The van der Waals surface area contributed by atoms with Crippen LogP contribution in [0.5, 0.6) is 0 Å². The molecule has 0 aromatic rings. The highest BCUT2D eigenvalue weighted by molar-refractivity contribution is 4.98. The van der Waals surface area contributed by atoms with E-state index >= 15 is 0 Å². The van der Waals surface area contributed by atoms with Gasteiger partial charge in [-0.25, -0.2) is 0 Å². The average Bonchev–Trinajstić information content (AvgIpc) is 4.23. The van der Waals surface area contributed by atoms with Gasteiger partial charge in [0.1, 0.15) is 91.6 Å². The maximum atomic E-state index is 11.6. The predicted molar refractivity (Wildman–Crippen MR) is 302 cm³/mol. The van der Waals surface area contributed by atoms with Gasteiger partial charge in [-0.05, 0) is 67.6 Å². The summed E-state index contributed by atoms with van der Waals surface area (Å²) >= 11 is 0. The lowest BCUT2D eigenvalue weighted by Crippen LogP contribution is -2.66. The van der Waals surface area contributed by atoms with Gasteiger partial charge >= 0.3 is 0 Å². The third kappa shape index (κ3) is 24.4. The Morgan fingerprint density at radius 3 is 1.56 bits per heavy atom. The number of hydrogen-bond donors (Lipinski definition) is 11. The Balaban J connectivity index is 1.11. The van der Waals surface area contributed by atoms with Gasteiger partial charge in [0.05, 0.1) is 39.6 Å². The molecule has 4 saturated heterocycles. The molecule has 0 amide bonds. The summed E-state index contributed by atoms with van der Waals surface area (Å²) in [6, 6.07) is 0. The molecule has 4 aliphatic heterocycles. The molecule has 2 bridgehead atoms. The van der Waals surface area contributed by atoms with E-state index in [0.717, 1.165) is 88.9 Å². The first-order valence-electron chi connectivity index (χ1n) is 31.9. The lowest BCUT2D eigenvalue weighted by atomic mass is 9.89. The molecule has 0 aromatic carbocycles. The smallest absolute Gasteiger partial charge is 0.187 e. The van der Waals surface area contributed by atoms with E-state index in [-0.39, 0.29) is 13.2 Å². The van der Waals surface area contributed by atoms with Crippen LogP contribution < -0.4 is 0 Å². The Kier molecular flexibility index (Phi) is 34.3. The van der Waals surface area contributed by atoms with E-state index in [0.29, 0.717) is 56.7 Å². The highest BCUT2D eigenvalue weighted by Crippen LogP contribution is 2.38. The zero-order valence-electron chi connectivity index (χ0n) is 49.9. The highest BCUT2D eigenvalue weighted by atomic mass is 16.7. The number of aliphatic hydroxyl groups excluding tert-OH is 11. The van der Waals surface area contributed by atoms with Crippen LogP contribution >= 0.6 is 0 Å². The quantitative estimate of drug-likeness (QED) is 0.144. The minimum absolute atomic E-state index is 0.0833. The van der Waals surface area contributed by atoms with Crippen molar-refractivity contribution in [2.75, 3.05) is 66.1 Å². The molecule has 478 valence electrons. The van der Waals surface area contributed by atoms with Crippen LogP contribution in [0, 0.1) is 35.5 Å². The lowest BCUT2D eigenvalue weighted by Gasteiger charge is -2.47. The monoisotopic (exact) mass is 1170 g/mol. The van der Waals surface area contributed by atoms with Crippen molar-refractivity contribution in [3.63, 3.8) is 0 Å². The van der Waals surface area contributed by atoms with Crippen LogP contribution in [0.3, 0.4) is 0 Å². The van der Waals surface area contributed by atoms with E-state index < -0.39 is 124 Å². The highest BCUT2D eigenvalue weighted by Gasteiger charge is 2.52. The molecule has 2 unspecified atom stereocenters. The molecule has 5 fully saturated rings. The molecular weight excluding hydrogens is 1050 g/mol. The van der Waals surface area contributed by atoms with Crippen molar-refractivity contribution < 1.29 is 98.8 Å². The number of fused-ring (bicyclic) bond motifs is 2. The van der Waals surface area contributed by atoms with Crippen LogP contribution in [0.4, 0.5) is 0 Å². The third-order valence-electron chi connectivity index (χ3n) is 18.3. The molecule has 5 rings (SSSR count). The fourth-order valence-electron chi connectivity index (χ4n) is 12.6. The Labute approximate surface area is 484 Å². The van der Waals surface area contributed by atoms with Crippen molar-refractivity contribution in [2.45, 2.75) is 286 Å². The summed E-state index contributed by atoms with van der Waals surface area (Å²) in [6.45, 7) is 9.79. The summed E-state index contributed by atoms with van der Waals surface area (Å²) in [6.07, 6.45) is 4.70. The van der Waals surface area contributed by atoms with E-state index in [1.54, 1.807) is 0 Å². The van der Waals surface area contributed by atoms with Crippen LogP contribution in [0.15, 0.2) is 0 Å². The minimum atomic E-state index is -1.75. The Hall–Kier alpha value is -0.800. The van der Waals surface area contributed by atoms with Gasteiger partial charge in [0.15, 0.2) is 12.6 Å². The maximum absolute atomic E-state index is 11.6. The summed E-state index contributed by atoms with van der Waals surface area (Å²) < 4.78 is 54.1. The second kappa shape index (κ2) is 39.2. The topological polar surface area (TPSA) is 306 Å². The average molecular weight is 1170 g/mol. The maximum Gasteiger partial charge on any atom is 0.187 e. The minimum Gasteiger partial charge on any atom is -0.394 e. The van der Waals surface area contributed by atoms with Gasteiger partial charge in [0.25, 0.3) is 0 Å². The van der Waals surface area contributed by atoms with Crippen molar-refractivity contribution in [1.82, 2.24) is 0 Å². The van der Waals surface area contributed by atoms with Crippen LogP contribution in [0.1, 0.15) is 182 Å².